The van der Waals surface area contributed by atoms with E-state index < -0.39 is 18.6 Å². The number of aliphatic imine (C=N–C) groups is 1. The topological polar surface area (TPSA) is 103 Å². The van der Waals surface area contributed by atoms with E-state index >= 15 is 0 Å². The number of oxazole rings is 1. The highest BCUT2D eigenvalue weighted by atomic mass is 35.5. The van der Waals surface area contributed by atoms with Crippen LogP contribution in [0.4, 0.5) is 4.39 Å². The van der Waals surface area contributed by atoms with E-state index in [-0.39, 0.29) is 16.4 Å². The highest BCUT2D eigenvalue weighted by molar-refractivity contribution is 6.34. The summed E-state index contributed by atoms with van der Waals surface area (Å²) in [5, 5.41) is 3.19. The number of aromatic nitrogens is 1. The minimum atomic E-state index is -0.800. The van der Waals surface area contributed by atoms with Crippen LogP contribution in [0.1, 0.15) is 40.7 Å². The first-order chi connectivity index (χ1) is 15.9. The Balaban J connectivity index is 1.85. The number of rotatable bonds is 10. The number of benzene rings is 2. The first-order valence-electron chi connectivity index (χ1n) is 10.4. The van der Waals surface area contributed by atoms with Crippen LogP contribution in [0.25, 0.3) is 11.3 Å². The fraction of sp³-hybridized carbons (Fsp3) is 0.292. The third-order valence-corrected chi connectivity index (χ3v) is 5.27. The van der Waals surface area contributed by atoms with Crippen LogP contribution in [0.3, 0.4) is 0 Å². The van der Waals surface area contributed by atoms with E-state index in [0.29, 0.717) is 36.8 Å². The van der Waals surface area contributed by atoms with Crippen LogP contribution in [-0.2, 0) is 0 Å². The van der Waals surface area contributed by atoms with E-state index in [1.807, 2.05) is 31.2 Å². The molecule has 33 heavy (non-hydrogen) atoms. The Kier molecular flexibility index (Phi) is 8.43. The van der Waals surface area contributed by atoms with E-state index in [2.05, 4.69) is 15.3 Å². The van der Waals surface area contributed by atoms with Gasteiger partial charge in [0.1, 0.15) is 24.3 Å². The molecule has 0 saturated carbocycles. The van der Waals surface area contributed by atoms with Crippen molar-refractivity contribution in [3.8, 4) is 17.1 Å². The third kappa shape index (κ3) is 6.32. The molecule has 3 N–H and O–H groups in total. The van der Waals surface area contributed by atoms with E-state index in [1.165, 1.54) is 7.11 Å². The molecule has 2 aromatic carbocycles. The van der Waals surface area contributed by atoms with Gasteiger partial charge in [-0.25, -0.2) is 9.37 Å². The van der Waals surface area contributed by atoms with Crippen LogP contribution in [0, 0.1) is 6.92 Å². The molecular weight excluding hydrogens is 447 g/mol. The van der Waals surface area contributed by atoms with Crippen molar-refractivity contribution in [3.63, 3.8) is 0 Å². The summed E-state index contributed by atoms with van der Waals surface area (Å²) >= 11 is 6.26. The summed E-state index contributed by atoms with van der Waals surface area (Å²) in [7, 11) is 1.47. The normalized spacial score (nSPS) is 12.4. The predicted octanol–water partition coefficient (Wildman–Crippen LogP) is 4.89. The van der Waals surface area contributed by atoms with Gasteiger partial charge >= 0.3 is 0 Å². The molecule has 3 aromatic rings. The summed E-state index contributed by atoms with van der Waals surface area (Å²) in [6, 6.07) is 12.2. The van der Waals surface area contributed by atoms with Gasteiger partial charge in [-0.1, -0.05) is 41.4 Å². The first-order valence-corrected chi connectivity index (χ1v) is 10.8. The number of carbonyl (C=O) groups excluding carboxylic acids is 1. The van der Waals surface area contributed by atoms with Crippen LogP contribution in [0.2, 0.25) is 5.02 Å². The molecule has 1 aromatic heterocycles. The quantitative estimate of drug-likeness (QED) is 0.248. The predicted molar refractivity (Wildman–Crippen MR) is 127 cm³/mol. The fourth-order valence-corrected chi connectivity index (χ4v) is 3.58. The Bertz CT molecular complexity index is 1130. The highest BCUT2D eigenvalue weighted by Gasteiger charge is 2.24. The molecule has 0 radical (unpaired) electrons. The highest BCUT2D eigenvalue weighted by Crippen LogP contribution is 2.29. The largest absolute Gasteiger partial charge is 0.496 e. The Morgan fingerprint density at radius 3 is 2.85 bits per heavy atom. The Morgan fingerprint density at radius 1 is 1.33 bits per heavy atom. The maximum atomic E-state index is 13.1. The van der Waals surface area contributed by atoms with Crippen molar-refractivity contribution >= 4 is 23.3 Å². The van der Waals surface area contributed by atoms with Crippen molar-refractivity contribution in [2.75, 3.05) is 20.3 Å². The molecule has 1 atom stereocenters. The van der Waals surface area contributed by atoms with Crippen molar-refractivity contribution in [3.05, 3.63) is 70.7 Å². The number of nitrogens with zero attached hydrogens (tertiary/aromatic N) is 2. The molecule has 0 spiro atoms. The van der Waals surface area contributed by atoms with E-state index in [9.17, 15) is 9.18 Å². The summed E-state index contributed by atoms with van der Waals surface area (Å²) in [6.07, 6.45) is 2.58. The number of methoxy groups -OCH3 is 1. The molecule has 0 saturated heterocycles. The van der Waals surface area contributed by atoms with E-state index in [0.717, 1.165) is 11.1 Å². The zero-order chi connectivity index (χ0) is 23.8. The number of hydrogen-bond acceptors (Lipinski definition) is 5. The van der Waals surface area contributed by atoms with E-state index in [1.54, 1.807) is 24.4 Å². The molecule has 0 aliphatic heterocycles. The lowest BCUT2D eigenvalue weighted by molar-refractivity contribution is 0.0924. The second-order valence-electron chi connectivity index (χ2n) is 7.42. The monoisotopic (exact) mass is 472 g/mol. The van der Waals surface area contributed by atoms with Gasteiger partial charge in [0.25, 0.3) is 5.91 Å². The average Bonchev–Trinajstić information content (AvgIpc) is 3.30. The summed E-state index contributed by atoms with van der Waals surface area (Å²) in [5.41, 5.74) is 7.62. The lowest BCUT2D eigenvalue weighted by Gasteiger charge is -2.17. The van der Waals surface area contributed by atoms with Crippen LogP contribution >= 0.6 is 11.6 Å². The van der Waals surface area contributed by atoms with Gasteiger partial charge in [-0.05, 0) is 38.0 Å². The number of aryl methyl sites for hydroxylation is 1. The van der Waals surface area contributed by atoms with Gasteiger partial charge in [-0.15, -0.1) is 0 Å². The number of hydrogen-bond donors (Lipinski definition) is 2. The van der Waals surface area contributed by atoms with Gasteiger partial charge in [0.2, 0.25) is 5.89 Å². The SMILES string of the molecule is COc1cccc(Cl)c1C(=O)N[C@@H](CCCN=C(N)CF)c1ncc(-c2cccc(C)c2)o1. The minimum Gasteiger partial charge on any atom is -0.496 e. The Hall–Kier alpha value is -3.39. The van der Waals surface area contributed by atoms with Crippen LogP contribution in [0.15, 0.2) is 58.1 Å². The zero-order valence-electron chi connectivity index (χ0n) is 18.5. The van der Waals surface area contributed by atoms with Gasteiger partial charge in [-0.3, -0.25) is 9.79 Å². The molecule has 0 unspecified atom stereocenters. The molecule has 0 fully saturated rings. The second kappa shape index (κ2) is 11.5. The number of amidine groups is 1. The third-order valence-electron chi connectivity index (χ3n) is 4.95. The van der Waals surface area contributed by atoms with Crippen molar-refractivity contribution in [1.82, 2.24) is 10.3 Å². The summed E-state index contributed by atoms with van der Waals surface area (Å²) < 4.78 is 23.8. The van der Waals surface area contributed by atoms with Crippen molar-refractivity contribution in [2.45, 2.75) is 25.8 Å². The summed E-state index contributed by atoms with van der Waals surface area (Å²) in [4.78, 5) is 21.5. The molecule has 0 aliphatic carbocycles. The maximum absolute atomic E-state index is 13.1. The number of ether oxygens (including phenoxy) is 1. The Labute approximate surface area is 196 Å². The minimum absolute atomic E-state index is 0.0609. The molecule has 3 rings (SSSR count). The number of halogens is 2. The van der Waals surface area contributed by atoms with Crippen molar-refractivity contribution in [1.29, 1.82) is 0 Å². The molecule has 1 amide bonds. The van der Waals surface area contributed by atoms with Crippen LogP contribution < -0.4 is 15.8 Å². The zero-order valence-corrected chi connectivity index (χ0v) is 19.2. The van der Waals surface area contributed by atoms with Gasteiger partial charge in [0.15, 0.2) is 5.76 Å². The number of amides is 1. The number of nitrogens with one attached hydrogen (secondary N) is 1. The number of carbonyl (C=O) groups is 1. The molecule has 7 nitrogen and oxygen atoms in total. The van der Waals surface area contributed by atoms with Crippen LogP contribution in [0.5, 0.6) is 5.75 Å². The molecular formula is C24H26ClFN4O3. The van der Waals surface area contributed by atoms with Gasteiger partial charge < -0.3 is 20.2 Å². The summed E-state index contributed by atoms with van der Waals surface area (Å²) in [6.45, 7) is 1.50. The molecule has 0 aliphatic rings. The van der Waals surface area contributed by atoms with Crippen molar-refractivity contribution in [2.24, 2.45) is 10.7 Å². The van der Waals surface area contributed by atoms with Crippen LogP contribution in [-0.4, -0.2) is 37.1 Å². The fourth-order valence-electron chi connectivity index (χ4n) is 3.32. The average molecular weight is 473 g/mol. The van der Waals surface area contributed by atoms with E-state index in [4.69, 9.17) is 26.5 Å². The molecule has 9 heteroatoms. The lowest BCUT2D eigenvalue weighted by Crippen LogP contribution is -2.29. The Morgan fingerprint density at radius 2 is 2.12 bits per heavy atom. The molecule has 0 bridgehead atoms. The standard InChI is InChI=1S/C24H26ClFN4O3/c1-15-6-3-7-16(12-15)20-14-29-24(33-20)18(9-5-11-28-21(27)13-26)30-23(31)22-17(25)8-4-10-19(22)32-2/h3-4,6-8,10,12,14,18H,5,9,11,13H2,1-2H3,(H2,27,28)(H,30,31)/t18-/m0/s1. The molecule has 174 valence electrons. The number of nitrogens with two attached hydrogens (primary N) is 1. The lowest BCUT2D eigenvalue weighted by atomic mass is 10.1. The first kappa shape index (κ1) is 24.3. The molecule has 1 heterocycles. The summed E-state index contributed by atoms with van der Waals surface area (Å²) in [5.74, 6) is 0.794. The van der Waals surface area contributed by atoms with Gasteiger partial charge in [0.05, 0.1) is 23.9 Å². The smallest absolute Gasteiger partial charge is 0.257 e. The maximum Gasteiger partial charge on any atom is 0.257 e. The second-order valence-corrected chi connectivity index (χ2v) is 7.83. The van der Waals surface area contributed by atoms with Gasteiger partial charge in [0, 0.05) is 12.1 Å². The van der Waals surface area contributed by atoms with Crippen molar-refractivity contribution < 1.29 is 18.3 Å². The van der Waals surface area contributed by atoms with Gasteiger partial charge in [-0.2, -0.15) is 0 Å². The number of alkyl halides is 1.